The first-order valence-corrected chi connectivity index (χ1v) is 8.38. The maximum Gasteiger partial charge on any atom is 0.406 e. The summed E-state index contributed by atoms with van der Waals surface area (Å²) in [4.78, 5) is 21.4. The average Bonchev–Trinajstić information content (AvgIpc) is 3.11. The summed E-state index contributed by atoms with van der Waals surface area (Å²) in [6, 6.07) is 5.35. The zero-order chi connectivity index (χ0) is 19.7. The molecule has 144 valence electrons. The largest absolute Gasteiger partial charge is 0.472 e. The molecule has 2 aliphatic heterocycles. The Morgan fingerprint density at radius 2 is 2.07 bits per heavy atom. The molecule has 0 spiro atoms. The van der Waals surface area contributed by atoms with Gasteiger partial charge in [-0.1, -0.05) is 6.07 Å². The van der Waals surface area contributed by atoms with Gasteiger partial charge in [0.2, 0.25) is 5.88 Å². The van der Waals surface area contributed by atoms with Crippen molar-refractivity contribution in [3.05, 3.63) is 65.4 Å². The summed E-state index contributed by atoms with van der Waals surface area (Å²) < 4.78 is 45.9. The van der Waals surface area contributed by atoms with Gasteiger partial charge in [0.05, 0.1) is 11.9 Å². The Balaban J connectivity index is 1.56. The number of nitrogens with zero attached hydrogens (tertiary/aromatic N) is 5. The summed E-state index contributed by atoms with van der Waals surface area (Å²) in [5.41, 5.74) is 2.09. The SMILES string of the molecule is O=C1N=NC=C(N2Cc3ccnc(OCc4cccnc4)c3C2)C1C(F)(F)F. The van der Waals surface area contributed by atoms with E-state index in [4.69, 9.17) is 4.74 Å². The standard InChI is InChI=1S/C18H14F3N5O2/c19-18(20,21)15-14(7-24-25-16(15)27)26-8-12-3-5-23-17(13(12)9-26)28-10-11-2-1-4-22-6-11/h1-7,15H,8-10H2. The Morgan fingerprint density at radius 3 is 2.82 bits per heavy atom. The summed E-state index contributed by atoms with van der Waals surface area (Å²) in [6.07, 6.45) is 1.10. The third-order valence-electron chi connectivity index (χ3n) is 4.50. The molecule has 4 rings (SSSR count). The molecule has 2 aliphatic rings. The van der Waals surface area contributed by atoms with E-state index in [1.54, 1.807) is 30.7 Å². The number of azo groups is 1. The zero-order valence-corrected chi connectivity index (χ0v) is 14.4. The van der Waals surface area contributed by atoms with Gasteiger partial charge in [0.1, 0.15) is 6.61 Å². The third kappa shape index (κ3) is 3.45. The number of ether oxygens (including phenoxy) is 1. The molecular formula is C18H14F3N5O2. The minimum atomic E-state index is -4.74. The molecule has 28 heavy (non-hydrogen) atoms. The minimum absolute atomic E-state index is 0.132. The lowest BCUT2D eigenvalue weighted by Gasteiger charge is -2.28. The summed E-state index contributed by atoms with van der Waals surface area (Å²) >= 11 is 0. The smallest absolute Gasteiger partial charge is 0.406 e. The number of alkyl halides is 3. The number of amides is 1. The molecule has 2 aromatic heterocycles. The van der Waals surface area contributed by atoms with Gasteiger partial charge in [-0.25, -0.2) is 4.98 Å². The molecule has 1 unspecified atom stereocenters. The molecule has 2 aromatic rings. The van der Waals surface area contributed by atoms with Gasteiger partial charge in [-0.3, -0.25) is 9.78 Å². The van der Waals surface area contributed by atoms with Crippen molar-refractivity contribution in [1.29, 1.82) is 0 Å². The highest BCUT2D eigenvalue weighted by atomic mass is 19.4. The molecule has 0 saturated heterocycles. The van der Waals surface area contributed by atoms with Crippen molar-refractivity contribution in [2.24, 2.45) is 16.1 Å². The molecule has 0 aliphatic carbocycles. The predicted octanol–water partition coefficient (Wildman–Crippen LogP) is 3.38. The normalized spacial score (nSPS) is 18.8. The number of hydrogen-bond acceptors (Lipinski definition) is 6. The van der Waals surface area contributed by atoms with E-state index in [1.807, 2.05) is 6.07 Å². The maximum absolute atomic E-state index is 13.4. The van der Waals surface area contributed by atoms with Crippen LogP contribution in [0.1, 0.15) is 16.7 Å². The monoisotopic (exact) mass is 389 g/mol. The van der Waals surface area contributed by atoms with Gasteiger partial charge in [-0.15, -0.1) is 5.11 Å². The first-order valence-electron chi connectivity index (χ1n) is 8.38. The number of halogens is 3. The number of hydrogen-bond donors (Lipinski definition) is 0. The number of aromatic nitrogens is 2. The average molecular weight is 389 g/mol. The highest BCUT2D eigenvalue weighted by Crippen LogP contribution is 2.40. The van der Waals surface area contributed by atoms with E-state index in [0.29, 0.717) is 11.4 Å². The topological polar surface area (TPSA) is 80.0 Å². The maximum atomic E-state index is 13.4. The van der Waals surface area contributed by atoms with Crippen LogP contribution >= 0.6 is 0 Å². The zero-order valence-electron chi connectivity index (χ0n) is 14.4. The van der Waals surface area contributed by atoms with Crippen LogP contribution in [0.2, 0.25) is 0 Å². The Morgan fingerprint density at radius 1 is 1.21 bits per heavy atom. The van der Waals surface area contributed by atoms with Crippen LogP contribution in [0.25, 0.3) is 0 Å². The van der Waals surface area contributed by atoms with Crippen LogP contribution < -0.4 is 4.74 Å². The van der Waals surface area contributed by atoms with Gasteiger partial charge in [0, 0.05) is 42.8 Å². The lowest BCUT2D eigenvalue weighted by molar-refractivity contribution is -0.177. The second-order valence-electron chi connectivity index (χ2n) is 6.34. The van der Waals surface area contributed by atoms with Crippen LogP contribution in [0.4, 0.5) is 13.2 Å². The molecular weight excluding hydrogens is 375 g/mol. The summed E-state index contributed by atoms with van der Waals surface area (Å²) in [5, 5.41) is 6.48. The number of carbonyl (C=O) groups excluding carboxylic acids is 1. The van der Waals surface area contributed by atoms with Crippen LogP contribution in [-0.4, -0.2) is 27.0 Å². The molecule has 0 N–H and O–H groups in total. The number of pyridine rings is 2. The minimum Gasteiger partial charge on any atom is -0.472 e. The third-order valence-corrected chi connectivity index (χ3v) is 4.50. The van der Waals surface area contributed by atoms with E-state index < -0.39 is 18.0 Å². The highest BCUT2D eigenvalue weighted by Gasteiger charge is 2.50. The van der Waals surface area contributed by atoms with Gasteiger partial charge in [0.15, 0.2) is 5.92 Å². The molecule has 7 nitrogen and oxygen atoms in total. The van der Waals surface area contributed by atoms with Crippen molar-refractivity contribution >= 4 is 5.91 Å². The van der Waals surface area contributed by atoms with Crippen molar-refractivity contribution in [3.63, 3.8) is 0 Å². The van der Waals surface area contributed by atoms with Crippen LogP contribution in [0.3, 0.4) is 0 Å². The Kier molecular flexibility index (Phi) is 4.54. The molecule has 4 heterocycles. The van der Waals surface area contributed by atoms with Gasteiger partial charge in [-0.05, 0) is 17.7 Å². The Bertz CT molecular complexity index is 959. The van der Waals surface area contributed by atoms with Crippen molar-refractivity contribution in [2.45, 2.75) is 25.9 Å². The number of rotatable bonds is 4. The fourth-order valence-corrected chi connectivity index (χ4v) is 3.20. The van der Waals surface area contributed by atoms with Crippen LogP contribution in [0.15, 0.2) is 58.9 Å². The fourth-order valence-electron chi connectivity index (χ4n) is 3.20. The van der Waals surface area contributed by atoms with Gasteiger partial charge < -0.3 is 9.64 Å². The van der Waals surface area contributed by atoms with E-state index in [9.17, 15) is 18.0 Å². The first-order chi connectivity index (χ1) is 13.4. The van der Waals surface area contributed by atoms with E-state index in [1.165, 1.54) is 4.90 Å². The summed E-state index contributed by atoms with van der Waals surface area (Å²) in [7, 11) is 0. The van der Waals surface area contributed by atoms with Gasteiger partial charge in [0.25, 0.3) is 5.91 Å². The van der Waals surface area contributed by atoms with Crippen LogP contribution in [0.5, 0.6) is 5.88 Å². The number of carbonyl (C=O) groups is 1. The van der Waals surface area contributed by atoms with Crippen molar-refractivity contribution in [3.8, 4) is 5.88 Å². The highest BCUT2D eigenvalue weighted by molar-refractivity contribution is 5.83. The van der Waals surface area contributed by atoms with E-state index >= 15 is 0 Å². The lowest BCUT2D eigenvalue weighted by Crippen LogP contribution is -2.38. The van der Waals surface area contributed by atoms with Crippen molar-refractivity contribution in [1.82, 2.24) is 14.9 Å². The molecule has 0 aromatic carbocycles. The molecule has 0 radical (unpaired) electrons. The summed E-state index contributed by atoms with van der Waals surface area (Å²) in [6.45, 7) is 0.562. The van der Waals surface area contributed by atoms with E-state index in [-0.39, 0.29) is 25.4 Å². The Labute approximate surface area is 157 Å². The van der Waals surface area contributed by atoms with Crippen LogP contribution in [-0.2, 0) is 24.5 Å². The predicted molar refractivity (Wildman–Crippen MR) is 89.5 cm³/mol. The first kappa shape index (κ1) is 18.1. The lowest BCUT2D eigenvalue weighted by atomic mass is 10.0. The summed E-state index contributed by atoms with van der Waals surface area (Å²) in [5.74, 6) is -3.28. The van der Waals surface area contributed by atoms with Crippen molar-refractivity contribution in [2.75, 3.05) is 0 Å². The van der Waals surface area contributed by atoms with Gasteiger partial charge in [-0.2, -0.15) is 18.3 Å². The second-order valence-corrected chi connectivity index (χ2v) is 6.34. The molecule has 1 atom stereocenters. The van der Waals surface area contributed by atoms with E-state index in [0.717, 1.165) is 17.3 Å². The van der Waals surface area contributed by atoms with Crippen LogP contribution in [0, 0.1) is 5.92 Å². The quantitative estimate of drug-likeness (QED) is 0.801. The fraction of sp³-hybridized carbons (Fsp3) is 0.278. The molecule has 10 heteroatoms. The van der Waals surface area contributed by atoms with Crippen molar-refractivity contribution < 1.29 is 22.7 Å². The molecule has 0 fully saturated rings. The molecule has 1 amide bonds. The van der Waals surface area contributed by atoms with E-state index in [2.05, 4.69) is 20.2 Å². The second kappa shape index (κ2) is 7.02. The molecule has 0 saturated carbocycles. The van der Waals surface area contributed by atoms with Gasteiger partial charge >= 0.3 is 6.18 Å². The number of fused-ring (bicyclic) bond motifs is 1. The molecule has 0 bridgehead atoms. The Hall–Kier alpha value is -3.30.